The molecule has 0 spiro atoms. The summed E-state index contributed by atoms with van der Waals surface area (Å²) in [4.78, 5) is 0. The molecule has 1 rings (SSSR count). The number of rotatable bonds is 4. The topological polar surface area (TPSA) is 20.2 Å². The molecule has 0 aliphatic heterocycles. The van der Waals surface area contributed by atoms with Gasteiger partial charge in [0.2, 0.25) is 0 Å². The quantitative estimate of drug-likeness (QED) is 0.785. The molecule has 0 aliphatic rings. The molecule has 0 heterocycles. The standard InChI is InChI=1S/C12H17FO/c1-9(2)12(11(14)8-13)10-6-4-3-5-7-10/h3-7,9,11-12,14H,8H2,1-2H3. The van der Waals surface area contributed by atoms with Crippen LogP contribution in [0.15, 0.2) is 30.3 Å². The Hall–Kier alpha value is -0.890. The number of hydrogen-bond acceptors (Lipinski definition) is 1. The molecule has 0 saturated carbocycles. The Kier molecular flexibility index (Phi) is 4.08. The number of aliphatic hydroxyl groups excluding tert-OH is 1. The van der Waals surface area contributed by atoms with Crippen LogP contribution < -0.4 is 0 Å². The van der Waals surface area contributed by atoms with Crippen LogP contribution in [0.2, 0.25) is 0 Å². The molecule has 0 fully saturated rings. The van der Waals surface area contributed by atoms with Crippen LogP contribution in [-0.2, 0) is 0 Å². The van der Waals surface area contributed by atoms with Gasteiger partial charge in [0.1, 0.15) is 6.67 Å². The van der Waals surface area contributed by atoms with Gasteiger partial charge in [-0.05, 0) is 11.5 Å². The van der Waals surface area contributed by atoms with Gasteiger partial charge < -0.3 is 5.11 Å². The van der Waals surface area contributed by atoms with Crippen LogP contribution in [0.25, 0.3) is 0 Å². The summed E-state index contributed by atoms with van der Waals surface area (Å²) in [5.41, 5.74) is 1.01. The molecule has 2 atom stereocenters. The SMILES string of the molecule is CC(C)C(c1ccccc1)C(O)CF. The third kappa shape index (κ3) is 2.55. The van der Waals surface area contributed by atoms with E-state index >= 15 is 0 Å². The smallest absolute Gasteiger partial charge is 0.116 e. The van der Waals surface area contributed by atoms with E-state index in [2.05, 4.69) is 0 Å². The van der Waals surface area contributed by atoms with Crippen molar-refractivity contribution in [1.82, 2.24) is 0 Å². The lowest BCUT2D eigenvalue weighted by Gasteiger charge is -2.24. The van der Waals surface area contributed by atoms with E-state index < -0.39 is 12.8 Å². The second-order valence-electron chi connectivity index (χ2n) is 3.90. The fraction of sp³-hybridized carbons (Fsp3) is 0.500. The van der Waals surface area contributed by atoms with E-state index in [1.165, 1.54) is 0 Å². The molecule has 1 aromatic rings. The summed E-state index contributed by atoms with van der Waals surface area (Å²) in [5.74, 6) is 0.129. The van der Waals surface area contributed by atoms with Crippen LogP contribution in [0.4, 0.5) is 4.39 Å². The Morgan fingerprint density at radius 3 is 2.21 bits per heavy atom. The maximum absolute atomic E-state index is 12.4. The molecule has 0 radical (unpaired) electrons. The molecule has 14 heavy (non-hydrogen) atoms. The highest BCUT2D eigenvalue weighted by Gasteiger charge is 2.23. The van der Waals surface area contributed by atoms with Gasteiger partial charge in [0.05, 0.1) is 6.10 Å². The first-order valence-electron chi connectivity index (χ1n) is 4.95. The number of alkyl halides is 1. The largest absolute Gasteiger partial charge is 0.390 e. The molecule has 0 aromatic heterocycles. The molecule has 0 amide bonds. The van der Waals surface area contributed by atoms with Gasteiger partial charge in [-0.25, -0.2) is 4.39 Å². The molecular formula is C12H17FO. The van der Waals surface area contributed by atoms with Crippen molar-refractivity contribution in [1.29, 1.82) is 0 Å². The fourth-order valence-corrected chi connectivity index (χ4v) is 1.82. The average molecular weight is 196 g/mol. The van der Waals surface area contributed by atoms with E-state index in [1.807, 2.05) is 44.2 Å². The van der Waals surface area contributed by atoms with Crippen LogP contribution in [0, 0.1) is 5.92 Å². The molecule has 78 valence electrons. The molecule has 1 nitrogen and oxygen atoms in total. The Morgan fingerprint density at radius 2 is 1.79 bits per heavy atom. The van der Waals surface area contributed by atoms with Crippen molar-refractivity contribution in [3.8, 4) is 0 Å². The molecule has 1 aromatic carbocycles. The second-order valence-corrected chi connectivity index (χ2v) is 3.90. The van der Waals surface area contributed by atoms with Crippen LogP contribution in [-0.4, -0.2) is 17.9 Å². The Morgan fingerprint density at radius 1 is 1.21 bits per heavy atom. The summed E-state index contributed by atoms with van der Waals surface area (Å²) in [6, 6.07) is 9.61. The maximum atomic E-state index is 12.4. The predicted molar refractivity (Wildman–Crippen MR) is 56.0 cm³/mol. The molecule has 2 unspecified atom stereocenters. The van der Waals surface area contributed by atoms with E-state index in [-0.39, 0.29) is 11.8 Å². The minimum Gasteiger partial charge on any atom is -0.390 e. The highest BCUT2D eigenvalue weighted by Crippen LogP contribution is 2.27. The minimum absolute atomic E-state index is 0.110. The molecule has 2 heteroatoms. The summed E-state index contributed by atoms with van der Waals surface area (Å²) < 4.78 is 12.4. The van der Waals surface area contributed by atoms with Gasteiger partial charge in [0.15, 0.2) is 0 Å². The Labute approximate surface area is 84.6 Å². The summed E-state index contributed by atoms with van der Waals surface area (Å²) >= 11 is 0. The molecule has 1 N–H and O–H groups in total. The van der Waals surface area contributed by atoms with E-state index in [0.29, 0.717) is 0 Å². The highest BCUT2D eigenvalue weighted by molar-refractivity contribution is 5.21. The lowest BCUT2D eigenvalue weighted by atomic mass is 9.84. The first kappa shape index (κ1) is 11.2. The predicted octanol–water partition coefficient (Wildman–Crippen LogP) is 2.76. The van der Waals surface area contributed by atoms with Crippen molar-refractivity contribution in [2.75, 3.05) is 6.67 Å². The van der Waals surface area contributed by atoms with E-state index in [4.69, 9.17) is 0 Å². The fourth-order valence-electron chi connectivity index (χ4n) is 1.82. The van der Waals surface area contributed by atoms with E-state index in [0.717, 1.165) is 5.56 Å². The van der Waals surface area contributed by atoms with Gasteiger partial charge in [-0.3, -0.25) is 0 Å². The zero-order valence-electron chi connectivity index (χ0n) is 8.65. The van der Waals surface area contributed by atoms with E-state index in [1.54, 1.807) is 0 Å². The molecule has 0 saturated heterocycles. The van der Waals surface area contributed by atoms with Gasteiger partial charge in [0, 0.05) is 5.92 Å². The number of halogens is 1. The zero-order chi connectivity index (χ0) is 10.6. The van der Waals surface area contributed by atoms with E-state index in [9.17, 15) is 9.50 Å². The van der Waals surface area contributed by atoms with Crippen LogP contribution in [0.3, 0.4) is 0 Å². The van der Waals surface area contributed by atoms with Crippen molar-refractivity contribution >= 4 is 0 Å². The minimum atomic E-state index is -0.891. The van der Waals surface area contributed by atoms with Crippen molar-refractivity contribution in [2.24, 2.45) is 5.92 Å². The average Bonchev–Trinajstić information content (AvgIpc) is 2.19. The second kappa shape index (κ2) is 5.11. The van der Waals surface area contributed by atoms with Gasteiger partial charge in [0.25, 0.3) is 0 Å². The summed E-state index contributed by atoms with van der Waals surface area (Å²) in [6.07, 6.45) is -0.891. The first-order chi connectivity index (χ1) is 6.66. The molecular weight excluding hydrogens is 179 g/mol. The number of benzene rings is 1. The lowest BCUT2D eigenvalue weighted by molar-refractivity contribution is 0.0942. The monoisotopic (exact) mass is 196 g/mol. The van der Waals surface area contributed by atoms with Crippen LogP contribution in [0.1, 0.15) is 25.3 Å². The zero-order valence-corrected chi connectivity index (χ0v) is 8.65. The maximum Gasteiger partial charge on any atom is 0.116 e. The highest BCUT2D eigenvalue weighted by atomic mass is 19.1. The van der Waals surface area contributed by atoms with Gasteiger partial charge in [-0.1, -0.05) is 44.2 Å². The van der Waals surface area contributed by atoms with Gasteiger partial charge in [-0.15, -0.1) is 0 Å². The summed E-state index contributed by atoms with van der Waals surface area (Å²) in [7, 11) is 0. The van der Waals surface area contributed by atoms with Crippen LogP contribution in [0.5, 0.6) is 0 Å². The van der Waals surface area contributed by atoms with Crippen LogP contribution >= 0.6 is 0 Å². The normalized spacial score (nSPS) is 15.5. The van der Waals surface area contributed by atoms with Crippen molar-refractivity contribution in [2.45, 2.75) is 25.9 Å². The molecule has 0 bridgehead atoms. The van der Waals surface area contributed by atoms with Crippen molar-refractivity contribution < 1.29 is 9.50 Å². The van der Waals surface area contributed by atoms with Gasteiger partial charge >= 0.3 is 0 Å². The van der Waals surface area contributed by atoms with Crippen molar-refractivity contribution in [3.05, 3.63) is 35.9 Å². The third-order valence-corrected chi connectivity index (χ3v) is 2.48. The molecule has 0 aliphatic carbocycles. The lowest BCUT2D eigenvalue weighted by Crippen LogP contribution is -2.24. The van der Waals surface area contributed by atoms with Crippen molar-refractivity contribution in [3.63, 3.8) is 0 Å². The number of aliphatic hydroxyl groups is 1. The number of hydrogen-bond donors (Lipinski definition) is 1. The summed E-state index contributed by atoms with van der Waals surface area (Å²) in [6.45, 7) is 3.31. The third-order valence-electron chi connectivity index (χ3n) is 2.48. The first-order valence-corrected chi connectivity index (χ1v) is 4.95. The Balaban J connectivity index is 2.89. The summed E-state index contributed by atoms with van der Waals surface area (Å²) in [5, 5.41) is 9.57. The van der Waals surface area contributed by atoms with Gasteiger partial charge in [-0.2, -0.15) is 0 Å². The Bertz CT molecular complexity index is 258.